The van der Waals surface area contributed by atoms with Crippen molar-refractivity contribution in [3.8, 4) is 0 Å². The predicted molar refractivity (Wildman–Crippen MR) is 83.5 cm³/mol. The fourth-order valence-corrected chi connectivity index (χ4v) is 1.84. The first-order valence-corrected chi connectivity index (χ1v) is 10.3. The molecule has 0 saturated carbocycles. The average Bonchev–Trinajstić information content (AvgIpc) is 2.38. The van der Waals surface area contributed by atoms with Crippen LogP contribution in [0.1, 0.15) is 39.0 Å². The summed E-state index contributed by atoms with van der Waals surface area (Å²) in [6, 6.07) is 0.902. The summed E-state index contributed by atoms with van der Waals surface area (Å²) in [5.41, 5.74) is -10.6. The zero-order chi connectivity index (χ0) is 21.4. The number of piperidine rings is 1. The Balaban J connectivity index is 0. The van der Waals surface area contributed by atoms with E-state index >= 15 is 0 Å². The van der Waals surface area contributed by atoms with Gasteiger partial charge in [-0.3, -0.25) is 0 Å². The van der Waals surface area contributed by atoms with Crippen LogP contribution < -0.4 is 10.3 Å². The zero-order valence-corrected chi connectivity index (χ0v) is 15.8. The maximum atomic E-state index is 10.8. The van der Waals surface area contributed by atoms with Crippen molar-refractivity contribution in [2.75, 3.05) is 13.6 Å². The molecule has 0 aromatic heterocycles. The van der Waals surface area contributed by atoms with Crippen LogP contribution in [0.25, 0.3) is 0 Å². The van der Waals surface area contributed by atoms with Gasteiger partial charge in [0.25, 0.3) is 0 Å². The highest BCUT2D eigenvalue weighted by atomic mass is 32.2. The second-order valence-corrected chi connectivity index (χ2v) is 8.51. The number of alkyl halides is 6. The second-order valence-electron chi connectivity index (χ2n) is 5.40. The first kappa shape index (κ1) is 27.6. The second kappa shape index (κ2) is 10.6. The van der Waals surface area contributed by atoms with Crippen LogP contribution in [0.2, 0.25) is 0 Å². The molecule has 160 valence electrons. The van der Waals surface area contributed by atoms with Gasteiger partial charge in [0.05, 0.1) is 0 Å². The smallest absolute Gasteiger partial charge is 0.303 e. The van der Waals surface area contributed by atoms with Crippen LogP contribution in [0, 0.1) is 0 Å². The molecule has 1 fully saturated rings. The minimum absolute atomic E-state index is 0.902. The molecule has 0 radical (unpaired) electrons. The molecule has 1 rings (SSSR count). The summed E-state index contributed by atoms with van der Waals surface area (Å²) in [5.74, 6) is 0. The Morgan fingerprint density at radius 1 is 0.923 bits per heavy atom. The van der Waals surface area contributed by atoms with Gasteiger partial charge in [0.15, 0.2) is 0 Å². The van der Waals surface area contributed by atoms with Crippen molar-refractivity contribution in [1.29, 1.82) is 0 Å². The first-order chi connectivity index (χ1) is 11.3. The lowest BCUT2D eigenvalue weighted by Crippen LogP contribution is -2.35. The third-order valence-electron chi connectivity index (χ3n) is 3.19. The predicted octanol–water partition coefficient (Wildman–Crippen LogP) is 1.86. The third kappa shape index (κ3) is 11.9. The molecule has 7 nitrogen and oxygen atoms in total. The van der Waals surface area contributed by atoms with E-state index in [0.29, 0.717) is 0 Å². The molecule has 1 heterocycles. The molecule has 1 saturated heterocycles. The van der Waals surface area contributed by atoms with Crippen LogP contribution in [-0.2, 0) is 20.0 Å². The van der Waals surface area contributed by atoms with Crippen molar-refractivity contribution in [1.82, 2.24) is 4.90 Å². The van der Waals surface area contributed by atoms with Gasteiger partial charge in [-0.2, -0.15) is 26.3 Å². The van der Waals surface area contributed by atoms with Gasteiger partial charge < -0.3 is 4.90 Å². The topological polar surface area (TPSA) is 124 Å². The van der Waals surface area contributed by atoms with Gasteiger partial charge in [-0.25, -0.2) is 27.1 Å². The van der Waals surface area contributed by atoms with Crippen molar-refractivity contribution in [3.63, 3.8) is 0 Å². The normalized spacial score (nSPS) is 19.7. The van der Waals surface area contributed by atoms with Gasteiger partial charge in [0.2, 0.25) is 0 Å². The molecule has 0 aromatic carbocycles. The van der Waals surface area contributed by atoms with E-state index in [1.165, 1.54) is 38.6 Å². The standard InChI is InChI=1S/C9H19N.2CH2F3NO2S/c1-3-6-9-7-4-5-8-10(9)2;2*2-1(3,4)8(5,6)7/h9H,3-8H2,1-2H3;2*(H2,5,6,7). The van der Waals surface area contributed by atoms with Crippen molar-refractivity contribution in [3.05, 3.63) is 0 Å². The molecule has 0 spiro atoms. The molecule has 1 aliphatic heterocycles. The highest BCUT2D eigenvalue weighted by molar-refractivity contribution is 7.90. The van der Waals surface area contributed by atoms with E-state index in [1.807, 2.05) is 0 Å². The Bertz CT molecular complexity index is 560. The molecule has 0 amide bonds. The van der Waals surface area contributed by atoms with Gasteiger partial charge in [-0.1, -0.05) is 19.8 Å². The molecule has 4 N–H and O–H groups in total. The van der Waals surface area contributed by atoms with Crippen molar-refractivity contribution in [2.24, 2.45) is 10.3 Å². The van der Waals surface area contributed by atoms with Crippen molar-refractivity contribution < 1.29 is 43.2 Å². The summed E-state index contributed by atoms with van der Waals surface area (Å²) in [6.07, 6.45) is 7.04. The number of rotatable bonds is 2. The molecule has 1 aliphatic rings. The lowest BCUT2D eigenvalue weighted by molar-refractivity contribution is -0.0441. The number of sulfonamides is 2. The van der Waals surface area contributed by atoms with Gasteiger partial charge in [0.1, 0.15) is 0 Å². The first-order valence-electron chi connectivity index (χ1n) is 7.23. The maximum Gasteiger partial charge on any atom is 0.511 e. The summed E-state index contributed by atoms with van der Waals surface area (Å²) in [7, 11) is -8.42. The minimum Gasteiger partial charge on any atom is -0.303 e. The van der Waals surface area contributed by atoms with Gasteiger partial charge in [-0.15, -0.1) is 0 Å². The molecule has 0 bridgehead atoms. The molecule has 15 heteroatoms. The third-order valence-corrected chi connectivity index (χ3v) is 4.48. The number of likely N-dealkylation sites (tertiary alicyclic amines) is 1. The molecule has 1 unspecified atom stereocenters. The molecule has 1 atom stereocenters. The lowest BCUT2D eigenvalue weighted by Gasteiger charge is -2.32. The summed E-state index contributed by atoms with van der Waals surface area (Å²) in [5, 5.41) is 7.32. The van der Waals surface area contributed by atoms with Gasteiger partial charge in [-0.05, 0) is 32.9 Å². The van der Waals surface area contributed by atoms with Crippen LogP contribution in [0.4, 0.5) is 26.3 Å². The van der Waals surface area contributed by atoms with Crippen LogP contribution in [0.3, 0.4) is 0 Å². The van der Waals surface area contributed by atoms with E-state index in [9.17, 15) is 43.2 Å². The number of hydrogen-bond acceptors (Lipinski definition) is 5. The van der Waals surface area contributed by atoms with Gasteiger partial charge in [0, 0.05) is 6.04 Å². The van der Waals surface area contributed by atoms with Crippen LogP contribution in [0.5, 0.6) is 0 Å². The number of halogens is 6. The number of primary sulfonamides is 2. The lowest BCUT2D eigenvalue weighted by atomic mass is 9.99. The van der Waals surface area contributed by atoms with Crippen LogP contribution in [0.15, 0.2) is 0 Å². The number of nitrogens with two attached hydrogens (primary N) is 2. The summed E-state index contributed by atoms with van der Waals surface area (Å²) >= 11 is 0. The summed E-state index contributed by atoms with van der Waals surface area (Å²) in [6.45, 7) is 3.60. The Hall–Kier alpha value is -0.640. The van der Waals surface area contributed by atoms with Crippen LogP contribution >= 0.6 is 0 Å². The monoisotopic (exact) mass is 439 g/mol. The quantitative estimate of drug-likeness (QED) is 0.636. The summed E-state index contributed by atoms with van der Waals surface area (Å²) in [4.78, 5) is 2.52. The largest absolute Gasteiger partial charge is 0.511 e. The molecular formula is C11H23F6N3O4S2. The van der Waals surface area contributed by atoms with E-state index in [1.54, 1.807) is 0 Å². The molecular weight excluding hydrogens is 416 g/mol. The average molecular weight is 439 g/mol. The Morgan fingerprint density at radius 3 is 1.50 bits per heavy atom. The fourth-order valence-electron chi connectivity index (χ4n) is 1.84. The fraction of sp³-hybridized carbons (Fsp3) is 1.00. The molecule has 26 heavy (non-hydrogen) atoms. The SMILES string of the molecule is CCCC1CCCCN1C.NS(=O)(=O)C(F)(F)F.NS(=O)(=O)C(F)(F)F. The van der Waals surface area contributed by atoms with E-state index in [-0.39, 0.29) is 0 Å². The molecule has 0 aromatic rings. The van der Waals surface area contributed by atoms with Crippen molar-refractivity contribution >= 4 is 20.0 Å². The minimum atomic E-state index is -5.34. The number of hydrogen-bond donors (Lipinski definition) is 2. The van der Waals surface area contributed by atoms with Gasteiger partial charge >= 0.3 is 31.1 Å². The highest BCUT2D eigenvalue weighted by Crippen LogP contribution is 2.20. The molecule has 0 aliphatic carbocycles. The van der Waals surface area contributed by atoms with E-state index < -0.39 is 31.1 Å². The maximum absolute atomic E-state index is 10.8. The zero-order valence-electron chi connectivity index (χ0n) is 14.1. The van der Waals surface area contributed by atoms with E-state index in [2.05, 4.69) is 29.1 Å². The number of nitrogens with zero attached hydrogens (tertiary/aromatic N) is 1. The highest BCUT2D eigenvalue weighted by Gasteiger charge is 2.43. The van der Waals surface area contributed by atoms with E-state index in [4.69, 9.17) is 0 Å². The summed E-state index contributed by atoms with van der Waals surface area (Å²) < 4.78 is 102. The van der Waals surface area contributed by atoms with E-state index in [0.717, 1.165) is 6.04 Å². The Morgan fingerprint density at radius 2 is 1.27 bits per heavy atom. The van der Waals surface area contributed by atoms with Crippen molar-refractivity contribution in [2.45, 2.75) is 56.1 Å². The Labute approximate surface area is 148 Å². The Kier molecular flexibility index (Phi) is 11.3. The van der Waals surface area contributed by atoms with Crippen LogP contribution in [-0.4, -0.2) is 52.4 Å².